The molecule has 0 atom stereocenters. The molecule has 5 nitrogen and oxygen atoms in total. The van der Waals surface area contributed by atoms with E-state index < -0.39 is 14.8 Å². The minimum Gasteiger partial charge on any atom is -0.454 e. The summed E-state index contributed by atoms with van der Waals surface area (Å²) in [5.41, 5.74) is 0. The van der Waals surface area contributed by atoms with E-state index in [0.717, 1.165) is 0 Å². The zero-order valence-corrected chi connectivity index (χ0v) is 9.74. The molecule has 1 N–H and O–H groups in total. The highest BCUT2D eigenvalue weighted by atomic mass is 32.2. The molecule has 16 heavy (non-hydrogen) atoms. The molecule has 88 valence electrons. The van der Waals surface area contributed by atoms with Crippen LogP contribution in [0, 0.1) is 0 Å². The van der Waals surface area contributed by atoms with Gasteiger partial charge in [-0.25, -0.2) is 8.42 Å². The summed E-state index contributed by atoms with van der Waals surface area (Å²) in [6.07, 6.45) is 0. The number of hydrogen-bond acceptors (Lipinski definition) is 5. The maximum atomic E-state index is 11.9. The van der Waals surface area contributed by atoms with E-state index >= 15 is 0 Å². The van der Waals surface area contributed by atoms with E-state index in [4.69, 9.17) is 9.47 Å². The molecule has 1 heterocycles. The van der Waals surface area contributed by atoms with Crippen molar-refractivity contribution in [2.75, 3.05) is 6.79 Å². The van der Waals surface area contributed by atoms with Gasteiger partial charge in [-0.15, -0.1) is 0 Å². The summed E-state index contributed by atoms with van der Waals surface area (Å²) in [4.78, 5) is -1.80. The number of rotatable bonds is 2. The summed E-state index contributed by atoms with van der Waals surface area (Å²) in [5, 5.41) is 9.59. The quantitative estimate of drug-likeness (QED) is 0.837. The Labute approximate surface area is 93.5 Å². The van der Waals surface area contributed by atoms with Crippen LogP contribution in [0.4, 0.5) is 0 Å². The maximum Gasteiger partial charge on any atom is 0.231 e. The Hall–Kier alpha value is -1.27. The number of ether oxygens (including phenoxy) is 2. The molecule has 1 aromatic carbocycles. The second-order valence-corrected chi connectivity index (χ2v) is 6.44. The van der Waals surface area contributed by atoms with E-state index in [1.807, 2.05) is 0 Å². The Morgan fingerprint density at radius 3 is 2.50 bits per heavy atom. The van der Waals surface area contributed by atoms with Crippen molar-refractivity contribution in [3.8, 4) is 11.5 Å². The summed E-state index contributed by atoms with van der Waals surface area (Å²) in [6.45, 7) is 2.54. The topological polar surface area (TPSA) is 72.8 Å². The van der Waals surface area contributed by atoms with Crippen molar-refractivity contribution >= 4 is 9.84 Å². The van der Waals surface area contributed by atoms with Crippen molar-refractivity contribution in [3.63, 3.8) is 0 Å². The average molecular weight is 244 g/mol. The monoisotopic (exact) mass is 244 g/mol. The summed E-state index contributed by atoms with van der Waals surface area (Å²) < 4.78 is 34.0. The average Bonchev–Trinajstić information content (AvgIpc) is 2.61. The van der Waals surface area contributed by atoms with Crippen molar-refractivity contribution in [2.24, 2.45) is 0 Å². The van der Waals surface area contributed by atoms with Gasteiger partial charge in [0.25, 0.3) is 0 Å². The molecular weight excluding hydrogens is 232 g/mol. The predicted octanol–water partition coefficient (Wildman–Crippen LogP) is 0.917. The van der Waals surface area contributed by atoms with Gasteiger partial charge in [-0.05, 0) is 26.0 Å². The number of benzene rings is 1. The van der Waals surface area contributed by atoms with Gasteiger partial charge in [0.1, 0.15) is 0 Å². The van der Waals surface area contributed by atoms with E-state index in [9.17, 15) is 13.5 Å². The molecule has 2 rings (SSSR count). The van der Waals surface area contributed by atoms with Crippen molar-refractivity contribution in [1.82, 2.24) is 0 Å². The molecule has 1 aromatic rings. The number of fused-ring (bicyclic) bond motifs is 1. The van der Waals surface area contributed by atoms with Crippen LogP contribution in [0.1, 0.15) is 13.8 Å². The van der Waals surface area contributed by atoms with Gasteiger partial charge < -0.3 is 14.6 Å². The first kappa shape index (κ1) is 11.2. The molecule has 0 fully saturated rings. The highest BCUT2D eigenvalue weighted by Gasteiger charge is 2.34. The molecule has 1 aliphatic rings. The molecule has 0 unspecified atom stereocenters. The predicted molar refractivity (Wildman–Crippen MR) is 56.0 cm³/mol. The molecular formula is C10H12O5S. The summed E-state index contributed by atoms with van der Waals surface area (Å²) in [5.74, 6) is 0.889. The number of sulfone groups is 1. The van der Waals surface area contributed by atoms with Gasteiger partial charge in [0.05, 0.1) is 4.90 Å². The van der Waals surface area contributed by atoms with Crippen molar-refractivity contribution in [3.05, 3.63) is 18.2 Å². The highest BCUT2D eigenvalue weighted by Crippen LogP contribution is 2.35. The minimum atomic E-state index is -3.78. The van der Waals surface area contributed by atoms with Gasteiger partial charge in [-0.1, -0.05) is 0 Å². The second kappa shape index (κ2) is 3.36. The lowest BCUT2D eigenvalue weighted by atomic mass is 10.3. The third kappa shape index (κ3) is 1.64. The molecule has 0 bridgehead atoms. The Bertz CT molecular complexity index is 513. The molecule has 1 aliphatic heterocycles. The molecule has 0 aromatic heterocycles. The molecule has 0 aliphatic carbocycles. The van der Waals surface area contributed by atoms with Crippen LogP contribution in [-0.4, -0.2) is 25.3 Å². The van der Waals surface area contributed by atoms with Crippen LogP contribution in [0.2, 0.25) is 0 Å². The first-order chi connectivity index (χ1) is 7.32. The Kier molecular flexibility index (Phi) is 2.36. The minimum absolute atomic E-state index is 0.0178. The fraction of sp³-hybridized carbons (Fsp3) is 0.400. The number of hydrogen-bond donors (Lipinski definition) is 1. The van der Waals surface area contributed by atoms with Crippen LogP contribution < -0.4 is 9.47 Å². The SMILES string of the molecule is CC(C)(O)S(=O)(=O)c1ccc2c(c1)OCO2. The molecule has 0 radical (unpaired) electrons. The van der Waals surface area contributed by atoms with Crippen LogP contribution >= 0.6 is 0 Å². The molecule has 6 heteroatoms. The van der Waals surface area contributed by atoms with Gasteiger partial charge in [0.15, 0.2) is 16.4 Å². The summed E-state index contributed by atoms with van der Waals surface area (Å²) in [7, 11) is -3.78. The largest absolute Gasteiger partial charge is 0.454 e. The van der Waals surface area contributed by atoms with Gasteiger partial charge >= 0.3 is 0 Å². The molecule has 0 spiro atoms. The van der Waals surface area contributed by atoms with Crippen molar-refractivity contribution in [2.45, 2.75) is 23.7 Å². The highest BCUT2D eigenvalue weighted by molar-refractivity contribution is 7.92. The van der Waals surface area contributed by atoms with E-state index in [-0.39, 0.29) is 11.7 Å². The lowest BCUT2D eigenvalue weighted by Gasteiger charge is -2.18. The van der Waals surface area contributed by atoms with Gasteiger partial charge in [-0.2, -0.15) is 0 Å². The van der Waals surface area contributed by atoms with Gasteiger partial charge in [0.2, 0.25) is 16.6 Å². The van der Waals surface area contributed by atoms with Gasteiger partial charge in [0, 0.05) is 6.07 Å². The maximum absolute atomic E-state index is 11.9. The first-order valence-corrected chi connectivity index (χ1v) is 6.17. The normalized spacial score (nSPS) is 15.2. The lowest BCUT2D eigenvalue weighted by Crippen LogP contribution is -2.31. The Balaban J connectivity index is 2.51. The third-order valence-corrected chi connectivity index (χ3v) is 4.50. The van der Waals surface area contributed by atoms with Crippen LogP contribution in [0.15, 0.2) is 23.1 Å². The fourth-order valence-corrected chi connectivity index (χ4v) is 2.42. The van der Waals surface area contributed by atoms with E-state index in [1.54, 1.807) is 0 Å². The van der Waals surface area contributed by atoms with Crippen molar-refractivity contribution in [1.29, 1.82) is 0 Å². The zero-order chi connectivity index (χ0) is 12.0. The molecule has 0 saturated carbocycles. The smallest absolute Gasteiger partial charge is 0.231 e. The van der Waals surface area contributed by atoms with Gasteiger partial charge in [-0.3, -0.25) is 0 Å². The second-order valence-electron chi connectivity index (χ2n) is 3.97. The van der Waals surface area contributed by atoms with E-state index in [2.05, 4.69) is 0 Å². The summed E-state index contributed by atoms with van der Waals surface area (Å²) >= 11 is 0. The van der Waals surface area contributed by atoms with Crippen LogP contribution in [0.25, 0.3) is 0 Å². The van der Waals surface area contributed by atoms with Crippen LogP contribution in [0.5, 0.6) is 11.5 Å². The zero-order valence-electron chi connectivity index (χ0n) is 8.93. The van der Waals surface area contributed by atoms with Crippen LogP contribution in [-0.2, 0) is 9.84 Å². The lowest BCUT2D eigenvalue weighted by molar-refractivity contribution is 0.165. The van der Waals surface area contributed by atoms with Crippen molar-refractivity contribution < 1.29 is 23.0 Å². The summed E-state index contributed by atoms with van der Waals surface area (Å²) in [6, 6.07) is 4.26. The third-order valence-electron chi connectivity index (χ3n) is 2.31. The van der Waals surface area contributed by atoms with E-state index in [0.29, 0.717) is 11.5 Å². The van der Waals surface area contributed by atoms with E-state index in [1.165, 1.54) is 32.0 Å². The standard InChI is InChI=1S/C10H12O5S/c1-10(2,11)16(12,13)7-3-4-8-9(5-7)15-6-14-8/h3-5,11H,6H2,1-2H3. The van der Waals surface area contributed by atoms with Crippen LogP contribution in [0.3, 0.4) is 0 Å². The molecule has 0 saturated heterocycles. The first-order valence-electron chi connectivity index (χ1n) is 4.69. The Morgan fingerprint density at radius 1 is 1.25 bits per heavy atom. The number of aliphatic hydroxyl groups is 1. The fourth-order valence-electron chi connectivity index (χ4n) is 1.33. The Morgan fingerprint density at radius 2 is 1.88 bits per heavy atom. The molecule has 0 amide bonds.